The van der Waals surface area contributed by atoms with Gasteiger partial charge in [0.1, 0.15) is 5.69 Å². The molecule has 3 aromatic carbocycles. The van der Waals surface area contributed by atoms with Crippen molar-refractivity contribution in [3.8, 4) is 11.5 Å². The Morgan fingerprint density at radius 1 is 0.829 bits per heavy atom. The van der Waals surface area contributed by atoms with Gasteiger partial charge >= 0.3 is 0 Å². The topological polar surface area (TPSA) is 68.8 Å². The molecule has 0 saturated heterocycles. The Hall–Kier alpha value is -4.52. The van der Waals surface area contributed by atoms with Crippen molar-refractivity contribution in [2.45, 2.75) is 13.1 Å². The zero-order chi connectivity index (χ0) is 23.5. The van der Waals surface area contributed by atoms with Crippen LogP contribution in [0.25, 0.3) is 44.2 Å². The lowest BCUT2D eigenvalue weighted by atomic mass is 10.1. The van der Waals surface area contributed by atoms with Crippen LogP contribution in [-0.2, 0) is 20.1 Å². The van der Waals surface area contributed by atoms with Crippen LogP contribution < -0.4 is 0 Å². The summed E-state index contributed by atoms with van der Waals surface area (Å²) in [4.78, 5) is 20.1. The van der Waals surface area contributed by atoms with Gasteiger partial charge in [0, 0.05) is 52.9 Å². The zero-order valence-electron chi connectivity index (χ0n) is 19.2. The molecule has 0 unspecified atom stereocenters. The van der Waals surface area contributed by atoms with E-state index in [0.717, 1.165) is 44.7 Å². The average molecular weight is 459 g/mol. The van der Waals surface area contributed by atoms with Gasteiger partial charge in [0.25, 0.3) is 5.91 Å². The van der Waals surface area contributed by atoms with E-state index in [1.54, 1.807) is 0 Å². The molecular weight excluding hydrogens is 436 g/mol. The maximum absolute atomic E-state index is 13.4. The van der Waals surface area contributed by atoms with Crippen molar-refractivity contribution in [3.63, 3.8) is 0 Å². The number of rotatable bonds is 2. The highest BCUT2D eigenvalue weighted by Crippen LogP contribution is 2.29. The Balaban J connectivity index is 1.19. The number of pyridine rings is 1. The number of benzene rings is 3. The van der Waals surface area contributed by atoms with Crippen molar-refractivity contribution in [2.75, 3.05) is 6.54 Å². The lowest BCUT2D eigenvalue weighted by Crippen LogP contribution is -2.38. The van der Waals surface area contributed by atoms with Gasteiger partial charge in [-0.2, -0.15) is 0 Å². The monoisotopic (exact) mass is 458 g/mol. The molecule has 170 valence electrons. The SMILES string of the molecule is Cn1c2ccccc2c2ccc(C(=O)N3CCn4c(nnc4-c4ccc5ccccc5n4)C3)cc21. The molecule has 0 fully saturated rings. The predicted molar refractivity (Wildman–Crippen MR) is 136 cm³/mol. The summed E-state index contributed by atoms with van der Waals surface area (Å²) in [6, 6.07) is 26.4. The molecule has 1 amide bonds. The van der Waals surface area contributed by atoms with E-state index >= 15 is 0 Å². The molecule has 1 aliphatic rings. The first kappa shape index (κ1) is 19.9. The number of amides is 1. The first-order valence-electron chi connectivity index (χ1n) is 11.7. The molecule has 7 rings (SSSR count). The fourth-order valence-electron chi connectivity index (χ4n) is 5.19. The molecule has 0 aliphatic carbocycles. The van der Waals surface area contributed by atoms with Gasteiger partial charge in [0.2, 0.25) is 0 Å². The van der Waals surface area contributed by atoms with E-state index in [0.29, 0.717) is 25.2 Å². The third-order valence-electron chi connectivity index (χ3n) is 7.03. The Morgan fingerprint density at radius 2 is 1.66 bits per heavy atom. The van der Waals surface area contributed by atoms with Gasteiger partial charge in [-0.15, -0.1) is 10.2 Å². The van der Waals surface area contributed by atoms with Crippen molar-refractivity contribution >= 4 is 38.6 Å². The van der Waals surface area contributed by atoms with Crippen LogP contribution in [0.4, 0.5) is 0 Å². The number of carbonyl (C=O) groups excluding carboxylic acids is 1. The second kappa shape index (κ2) is 7.50. The molecule has 7 nitrogen and oxygen atoms in total. The molecule has 0 atom stereocenters. The lowest BCUT2D eigenvalue weighted by molar-refractivity contribution is 0.0708. The third-order valence-corrected chi connectivity index (χ3v) is 7.03. The summed E-state index contributed by atoms with van der Waals surface area (Å²) in [7, 11) is 2.05. The van der Waals surface area contributed by atoms with Gasteiger partial charge in [0.05, 0.1) is 12.1 Å². The lowest BCUT2D eigenvalue weighted by Gasteiger charge is -2.28. The molecule has 3 aromatic heterocycles. The van der Waals surface area contributed by atoms with Gasteiger partial charge in [0.15, 0.2) is 11.6 Å². The minimum absolute atomic E-state index is 0.0109. The quantitative estimate of drug-likeness (QED) is 0.374. The highest BCUT2D eigenvalue weighted by Gasteiger charge is 2.26. The van der Waals surface area contributed by atoms with Gasteiger partial charge in [-0.25, -0.2) is 4.98 Å². The highest BCUT2D eigenvalue weighted by atomic mass is 16.2. The standard InChI is InChI=1S/C28H22N6O/c1-32-24-9-5-3-7-20(24)21-12-10-19(16-25(21)32)28(35)33-14-15-34-26(17-33)30-31-27(34)23-13-11-18-6-2-4-8-22(18)29-23/h2-13,16H,14-15,17H2,1H3. The maximum Gasteiger partial charge on any atom is 0.254 e. The summed E-state index contributed by atoms with van der Waals surface area (Å²) in [5.41, 5.74) is 4.63. The van der Waals surface area contributed by atoms with Crippen molar-refractivity contribution in [1.82, 2.24) is 29.2 Å². The Morgan fingerprint density at radius 3 is 2.60 bits per heavy atom. The minimum Gasteiger partial charge on any atom is -0.344 e. The largest absolute Gasteiger partial charge is 0.344 e. The van der Waals surface area contributed by atoms with Crippen LogP contribution >= 0.6 is 0 Å². The van der Waals surface area contributed by atoms with Crippen LogP contribution in [0.2, 0.25) is 0 Å². The van der Waals surface area contributed by atoms with Gasteiger partial charge in [-0.3, -0.25) is 4.79 Å². The second-order valence-electron chi connectivity index (χ2n) is 9.02. The first-order valence-corrected chi connectivity index (χ1v) is 11.7. The fourth-order valence-corrected chi connectivity index (χ4v) is 5.19. The molecule has 6 aromatic rings. The number of aryl methyl sites for hydroxylation is 1. The van der Waals surface area contributed by atoms with Crippen LogP contribution in [0.1, 0.15) is 16.2 Å². The van der Waals surface area contributed by atoms with E-state index < -0.39 is 0 Å². The van der Waals surface area contributed by atoms with E-state index in [1.165, 1.54) is 5.39 Å². The number of nitrogens with zero attached hydrogens (tertiary/aromatic N) is 6. The molecule has 1 aliphatic heterocycles. The van der Waals surface area contributed by atoms with Crippen molar-refractivity contribution in [1.29, 1.82) is 0 Å². The number of hydrogen-bond acceptors (Lipinski definition) is 4. The minimum atomic E-state index is 0.0109. The van der Waals surface area contributed by atoms with Crippen LogP contribution in [0.15, 0.2) is 78.9 Å². The van der Waals surface area contributed by atoms with Crippen LogP contribution in [0.5, 0.6) is 0 Å². The zero-order valence-corrected chi connectivity index (χ0v) is 19.2. The number of para-hydroxylation sites is 2. The van der Waals surface area contributed by atoms with Crippen LogP contribution in [0, 0.1) is 0 Å². The second-order valence-corrected chi connectivity index (χ2v) is 9.02. The van der Waals surface area contributed by atoms with Crippen LogP contribution in [-0.4, -0.2) is 41.7 Å². The highest BCUT2D eigenvalue weighted by molar-refractivity contribution is 6.10. The maximum atomic E-state index is 13.4. The van der Waals surface area contributed by atoms with E-state index in [2.05, 4.69) is 43.6 Å². The molecule has 0 N–H and O–H groups in total. The van der Waals surface area contributed by atoms with E-state index in [-0.39, 0.29) is 5.91 Å². The molecule has 0 spiro atoms. The van der Waals surface area contributed by atoms with E-state index in [9.17, 15) is 4.79 Å². The summed E-state index contributed by atoms with van der Waals surface area (Å²) >= 11 is 0. The predicted octanol–water partition coefficient (Wildman–Crippen LogP) is 4.79. The van der Waals surface area contributed by atoms with Crippen molar-refractivity contribution in [2.24, 2.45) is 7.05 Å². The number of fused-ring (bicyclic) bond motifs is 5. The molecule has 4 heterocycles. The van der Waals surface area contributed by atoms with E-state index in [4.69, 9.17) is 4.98 Å². The first-order chi connectivity index (χ1) is 17.2. The molecule has 35 heavy (non-hydrogen) atoms. The van der Waals surface area contributed by atoms with E-state index in [1.807, 2.05) is 66.5 Å². The van der Waals surface area contributed by atoms with Crippen molar-refractivity contribution in [3.05, 3.63) is 90.3 Å². The average Bonchev–Trinajstić information content (AvgIpc) is 3.46. The molecule has 0 radical (unpaired) electrons. The molecule has 0 bridgehead atoms. The van der Waals surface area contributed by atoms with Gasteiger partial charge < -0.3 is 14.0 Å². The van der Waals surface area contributed by atoms with Crippen LogP contribution in [0.3, 0.4) is 0 Å². The van der Waals surface area contributed by atoms with Gasteiger partial charge in [-0.1, -0.05) is 48.5 Å². The summed E-state index contributed by atoms with van der Waals surface area (Å²) < 4.78 is 4.23. The van der Waals surface area contributed by atoms with Gasteiger partial charge in [-0.05, 0) is 30.3 Å². The summed E-state index contributed by atoms with van der Waals surface area (Å²) in [6.45, 7) is 1.65. The summed E-state index contributed by atoms with van der Waals surface area (Å²) in [5, 5.41) is 12.3. The molecule has 7 heteroatoms. The summed E-state index contributed by atoms with van der Waals surface area (Å²) in [6.07, 6.45) is 0. The third kappa shape index (κ3) is 3.05. The summed E-state index contributed by atoms with van der Waals surface area (Å²) in [5.74, 6) is 1.53. The number of aromatic nitrogens is 5. The molecule has 0 saturated carbocycles. The smallest absolute Gasteiger partial charge is 0.254 e. The fraction of sp³-hybridized carbons (Fsp3) is 0.143. The number of carbonyl (C=O) groups is 1. The molecular formula is C28H22N6O. The number of hydrogen-bond donors (Lipinski definition) is 0. The van der Waals surface area contributed by atoms with Crippen molar-refractivity contribution < 1.29 is 4.79 Å². The Labute approximate surface area is 201 Å². The Kier molecular flexibility index (Phi) is 4.26. The normalized spacial score (nSPS) is 13.6. The Bertz CT molecular complexity index is 1780.